The molecule has 2 aliphatic heterocycles. The molecule has 2 aromatic carbocycles. The maximum Gasteiger partial charge on any atom is 0.227 e. The topological polar surface area (TPSA) is 20.3 Å². The molecule has 0 aromatic heterocycles. The Balaban J connectivity index is 1.59. The monoisotopic (exact) mass is 299 g/mol. The molecule has 0 N–H and O–H groups in total. The number of piperidine rings is 1. The fourth-order valence-corrected chi connectivity index (χ4v) is 4.66. The third-order valence-electron chi connectivity index (χ3n) is 5.64. The number of hydrogen-bond acceptors (Lipinski definition) is 1. The molecule has 112 valence electrons. The Hall–Kier alpha value is -2.53. The van der Waals surface area contributed by atoms with Crippen molar-refractivity contribution in [3.63, 3.8) is 0 Å². The first-order chi connectivity index (χ1) is 11.3. The van der Waals surface area contributed by atoms with Crippen LogP contribution in [0, 0.1) is 23.7 Å². The number of carbonyl (C=O) groups is 1. The molecule has 0 radical (unpaired) electrons. The number of nitrogens with zero attached hydrogens (tertiary/aromatic N) is 1. The Labute approximate surface area is 136 Å². The predicted molar refractivity (Wildman–Crippen MR) is 88.4 cm³/mol. The molecule has 1 amide bonds. The van der Waals surface area contributed by atoms with Gasteiger partial charge in [-0.15, -0.1) is 0 Å². The molecule has 2 bridgehead atoms. The minimum Gasteiger partial charge on any atom is -0.334 e. The van der Waals surface area contributed by atoms with E-state index in [0.29, 0.717) is 17.9 Å². The highest BCUT2D eigenvalue weighted by molar-refractivity contribution is 5.85. The van der Waals surface area contributed by atoms with Gasteiger partial charge in [0, 0.05) is 30.0 Å². The van der Waals surface area contributed by atoms with Gasteiger partial charge in [0.2, 0.25) is 5.91 Å². The normalized spacial score (nSPS) is 29.9. The van der Waals surface area contributed by atoms with Gasteiger partial charge in [-0.1, -0.05) is 54.3 Å². The minimum atomic E-state index is 0.0922. The maximum absolute atomic E-state index is 12.7. The molecule has 1 saturated heterocycles. The molecular weight excluding hydrogens is 282 g/mol. The van der Waals surface area contributed by atoms with E-state index in [0.717, 1.165) is 18.5 Å². The van der Waals surface area contributed by atoms with Crippen LogP contribution in [0.2, 0.25) is 0 Å². The number of benzene rings is 2. The summed E-state index contributed by atoms with van der Waals surface area (Å²) in [6, 6.07) is 19.0. The molecule has 2 heterocycles. The number of fused-ring (bicyclic) bond motifs is 3. The van der Waals surface area contributed by atoms with Crippen molar-refractivity contribution >= 4 is 5.91 Å². The van der Waals surface area contributed by atoms with E-state index < -0.39 is 0 Å². The highest BCUT2D eigenvalue weighted by atomic mass is 16.2. The quantitative estimate of drug-likeness (QED) is 0.684. The zero-order chi connectivity index (χ0) is 15.4. The minimum absolute atomic E-state index is 0.0922. The van der Waals surface area contributed by atoms with Crippen molar-refractivity contribution in [2.24, 2.45) is 11.8 Å². The standard InChI is InChI=1S/C21H17NO/c23-21-18-12-19-20(16-9-5-4-8-15(16)13-22(19)21)17(18)11-10-14-6-2-1-3-7-14/h1-9,17-20H,12-13H2. The molecule has 2 heteroatoms. The van der Waals surface area contributed by atoms with Crippen molar-refractivity contribution in [1.82, 2.24) is 4.90 Å². The molecule has 4 atom stereocenters. The van der Waals surface area contributed by atoms with Crippen LogP contribution in [0.25, 0.3) is 0 Å². The van der Waals surface area contributed by atoms with Gasteiger partial charge in [0.05, 0.1) is 5.92 Å². The summed E-state index contributed by atoms with van der Waals surface area (Å²) in [6.45, 7) is 0.783. The number of carbonyl (C=O) groups excluding carboxylic acids is 1. The molecule has 4 unspecified atom stereocenters. The molecular formula is C21H17NO. The van der Waals surface area contributed by atoms with E-state index in [4.69, 9.17) is 0 Å². The van der Waals surface area contributed by atoms with Crippen LogP contribution in [0.3, 0.4) is 0 Å². The van der Waals surface area contributed by atoms with Crippen LogP contribution in [0.15, 0.2) is 54.6 Å². The van der Waals surface area contributed by atoms with E-state index in [1.54, 1.807) is 0 Å². The van der Waals surface area contributed by atoms with Crippen LogP contribution >= 0.6 is 0 Å². The number of amides is 1. The van der Waals surface area contributed by atoms with E-state index in [-0.39, 0.29) is 11.8 Å². The van der Waals surface area contributed by atoms with Crippen LogP contribution < -0.4 is 0 Å². The Morgan fingerprint density at radius 2 is 1.78 bits per heavy atom. The van der Waals surface area contributed by atoms with E-state index in [2.05, 4.69) is 41.0 Å². The van der Waals surface area contributed by atoms with Crippen LogP contribution in [-0.4, -0.2) is 16.8 Å². The van der Waals surface area contributed by atoms with Crippen LogP contribution in [0.4, 0.5) is 0 Å². The van der Waals surface area contributed by atoms with Crippen LogP contribution in [0.5, 0.6) is 0 Å². The summed E-state index contributed by atoms with van der Waals surface area (Å²) >= 11 is 0. The molecule has 3 aliphatic rings. The first-order valence-corrected chi connectivity index (χ1v) is 8.28. The van der Waals surface area contributed by atoms with E-state index in [1.165, 1.54) is 11.1 Å². The zero-order valence-electron chi connectivity index (χ0n) is 12.8. The summed E-state index contributed by atoms with van der Waals surface area (Å²) in [4.78, 5) is 14.8. The lowest BCUT2D eigenvalue weighted by Crippen LogP contribution is -2.47. The summed E-state index contributed by atoms with van der Waals surface area (Å²) in [6.07, 6.45) is 0.978. The smallest absolute Gasteiger partial charge is 0.227 e. The molecule has 2 nitrogen and oxygen atoms in total. The molecule has 2 fully saturated rings. The van der Waals surface area contributed by atoms with Gasteiger partial charge >= 0.3 is 0 Å². The lowest BCUT2D eigenvalue weighted by Gasteiger charge is -2.42. The summed E-state index contributed by atoms with van der Waals surface area (Å²) < 4.78 is 0. The van der Waals surface area contributed by atoms with Gasteiger partial charge < -0.3 is 4.90 Å². The second kappa shape index (κ2) is 4.73. The number of hydrogen-bond donors (Lipinski definition) is 0. The van der Waals surface area contributed by atoms with Crippen molar-refractivity contribution in [2.45, 2.75) is 24.9 Å². The fourth-order valence-electron chi connectivity index (χ4n) is 4.66. The van der Waals surface area contributed by atoms with Gasteiger partial charge in [-0.25, -0.2) is 0 Å². The molecule has 1 aliphatic carbocycles. The maximum atomic E-state index is 12.7. The fraction of sp³-hybridized carbons (Fsp3) is 0.286. The highest BCUT2D eigenvalue weighted by Gasteiger charge is 2.58. The van der Waals surface area contributed by atoms with Gasteiger partial charge in [-0.05, 0) is 29.7 Å². The Bertz CT molecular complexity index is 845. The second-order valence-corrected chi connectivity index (χ2v) is 6.76. The summed E-state index contributed by atoms with van der Waals surface area (Å²) in [5, 5.41) is 0. The molecule has 0 spiro atoms. The first kappa shape index (κ1) is 13.0. The first-order valence-electron chi connectivity index (χ1n) is 8.28. The third-order valence-corrected chi connectivity index (χ3v) is 5.64. The molecule has 5 rings (SSSR count). The van der Waals surface area contributed by atoms with Crippen molar-refractivity contribution in [2.75, 3.05) is 0 Å². The predicted octanol–water partition coefficient (Wildman–Crippen LogP) is 3.18. The third kappa shape index (κ3) is 1.80. The van der Waals surface area contributed by atoms with Gasteiger partial charge in [0.1, 0.15) is 0 Å². The molecule has 1 saturated carbocycles. The Kier molecular flexibility index (Phi) is 2.67. The molecule has 23 heavy (non-hydrogen) atoms. The van der Waals surface area contributed by atoms with E-state index in [1.807, 2.05) is 30.3 Å². The average molecular weight is 299 g/mol. The SMILES string of the molecule is O=C1C2CC3C(c4ccccc4CN13)C2C#Cc1ccccc1. The van der Waals surface area contributed by atoms with Crippen LogP contribution in [-0.2, 0) is 11.3 Å². The Morgan fingerprint density at radius 1 is 1.00 bits per heavy atom. The van der Waals surface area contributed by atoms with Crippen molar-refractivity contribution in [3.05, 3.63) is 71.3 Å². The summed E-state index contributed by atoms with van der Waals surface area (Å²) in [5.74, 6) is 7.71. The van der Waals surface area contributed by atoms with Crippen molar-refractivity contribution < 1.29 is 4.79 Å². The average Bonchev–Trinajstić information content (AvgIpc) is 3.13. The Morgan fingerprint density at radius 3 is 2.65 bits per heavy atom. The van der Waals surface area contributed by atoms with Crippen molar-refractivity contribution in [1.29, 1.82) is 0 Å². The van der Waals surface area contributed by atoms with Crippen molar-refractivity contribution in [3.8, 4) is 11.8 Å². The lowest BCUT2D eigenvalue weighted by atomic mass is 9.76. The van der Waals surface area contributed by atoms with E-state index >= 15 is 0 Å². The molecule has 2 aromatic rings. The number of rotatable bonds is 0. The summed E-state index contributed by atoms with van der Waals surface area (Å²) in [5.41, 5.74) is 3.74. The lowest BCUT2D eigenvalue weighted by molar-refractivity contribution is -0.137. The summed E-state index contributed by atoms with van der Waals surface area (Å²) in [7, 11) is 0. The van der Waals surface area contributed by atoms with Crippen LogP contribution in [0.1, 0.15) is 29.0 Å². The van der Waals surface area contributed by atoms with Gasteiger partial charge in [-0.3, -0.25) is 4.79 Å². The van der Waals surface area contributed by atoms with Gasteiger partial charge in [0.15, 0.2) is 0 Å². The van der Waals surface area contributed by atoms with Gasteiger partial charge in [-0.2, -0.15) is 0 Å². The highest BCUT2D eigenvalue weighted by Crippen LogP contribution is 2.55. The van der Waals surface area contributed by atoms with E-state index in [9.17, 15) is 4.79 Å². The van der Waals surface area contributed by atoms with Gasteiger partial charge in [0.25, 0.3) is 0 Å². The second-order valence-electron chi connectivity index (χ2n) is 6.76. The zero-order valence-corrected chi connectivity index (χ0v) is 12.8. The largest absolute Gasteiger partial charge is 0.334 e.